The molecule has 0 aromatic heterocycles. The molecule has 0 aliphatic heterocycles. The van der Waals surface area contributed by atoms with Crippen molar-refractivity contribution in [1.82, 2.24) is 0 Å². The maximum atomic E-state index is 12.4. The Labute approximate surface area is 173 Å². The van der Waals surface area contributed by atoms with Gasteiger partial charge in [-0.2, -0.15) is 0 Å². The summed E-state index contributed by atoms with van der Waals surface area (Å²) in [6.07, 6.45) is 0. The third-order valence-corrected chi connectivity index (χ3v) is 4.85. The van der Waals surface area contributed by atoms with Gasteiger partial charge in [0.05, 0.1) is 15.6 Å². The molecule has 0 spiro atoms. The molecule has 0 aliphatic carbocycles. The smallest absolute Gasteiger partial charge is 0.343 e. The normalized spacial score (nSPS) is 10.4. The molecule has 3 aromatic rings. The van der Waals surface area contributed by atoms with Gasteiger partial charge in [0.1, 0.15) is 5.75 Å². The van der Waals surface area contributed by atoms with Gasteiger partial charge in [-0.05, 0) is 67.9 Å². The summed E-state index contributed by atoms with van der Waals surface area (Å²) in [5.74, 6) is -0.487. The number of hydrogen-bond donors (Lipinski definition) is 1. The predicted octanol–water partition coefficient (Wildman–Crippen LogP) is 6.08. The zero-order chi connectivity index (χ0) is 20.3. The highest BCUT2D eigenvalue weighted by Crippen LogP contribution is 2.24. The predicted molar refractivity (Wildman–Crippen MR) is 112 cm³/mol. The SMILES string of the molecule is Cc1ccc(NC(=O)c2ccc(OC(=O)c3ccc(Cl)c(Cl)c3)cc2)c(C)c1. The number of benzene rings is 3. The molecule has 0 atom stereocenters. The number of ether oxygens (including phenoxy) is 1. The molecule has 3 rings (SSSR count). The van der Waals surface area contributed by atoms with Crippen LogP contribution in [-0.4, -0.2) is 11.9 Å². The number of anilines is 1. The molecular formula is C22H17Cl2NO3. The maximum absolute atomic E-state index is 12.4. The third kappa shape index (κ3) is 4.71. The number of rotatable bonds is 4. The number of carbonyl (C=O) groups is 2. The van der Waals surface area contributed by atoms with Gasteiger partial charge in [0.25, 0.3) is 5.91 Å². The fourth-order valence-corrected chi connectivity index (χ4v) is 2.91. The van der Waals surface area contributed by atoms with E-state index in [2.05, 4.69) is 5.32 Å². The van der Waals surface area contributed by atoms with Crippen LogP contribution in [0.25, 0.3) is 0 Å². The highest BCUT2D eigenvalue weighted by Gasteiger charge is 2.12. The molecule has 0 bridgehead atoms. The van der Waals surface area contributed by atoms with Crippen LogP contribution in [-0.2, 0) is 0 Å². The Morgan fingerprint density at radius 1 is 0.821 bits per heavy atom. The lowest BCUT2D eigenvalue weighted by Crippen LogP contribution is -2.13. The molecule has 142 valence electrons. The van der Waals surface area contributed by atoms with Gasteiger partial charge < -0.3 is 10.1 Å². The number of aryl methyl sites for hydroxylation is 2. The first-order chi connectivity index (χ1) is 13.3. The van der Waals surface area contributed by atoms with Crippen LogP contribution in [0.1, 0.15) is 31.8 Å². The van der Waals surface area contributed by atoms with Crippen molar-refractivity contribution in [1.29, 1.82) is 0 Å². The zero-order valence-electron chi connectivity index (χ0n) is 15.3. The minimum absolute atomic E-state index is 0.241. The number of amides is 1. The standard InChI is InChI=1S/C22H17Cl2NO3/c1-13-3-10-20(14(2)11-13)25-21(26)15-4-7-17(8-5-15)28-22(27)16-6-9-18(23)19(24)12-16/h3-12H,1-2H3,(H,25,26). The zero-order valence-corrected chi connectivity index (χ0v) is 16.8. The van der Waals surface area contributed by atoms with Crippen LogP contribution in [0.3, 0.4) is 0 Å². The molecule has 4 nitrogen and oxygen atoms in total. The van der Waals surface area contributed by atoms with Gasteiger partial charge in [0.15, 0.2) is 0 Å². The monoisotopic (exact) mass is 413 g/mol. The molecule has 0 saturated carbocycles. The maximum Gasteiger partial charge on any atom is 0.343 e. The van der Waals surface area contributed by atoms with E-state index in [9.17, 15) is 9.59 Å². The lowest BCUT2D eigenvalue weighted by molar-refractivity contribution is 0.0734. The van der Waals surface area contributed by atoms with Crippen molar-refractivity contribution in [3.8, 4) is 5.75 Å². The van der Waals surface area contributed by atoms with Crippen molar-refractivity contribution in [2.75, 3.05) is 5.32 Å². The Balaban J connectivity index is 1.67. The Kier molecular flexibility index (Phi) is 6.02. The van der Waals surface area contributed by atoms with Crippen molar-refractivity contribution in [3.05, 3.63) is 93.0 Å². The van der Waals surface area contributed by atoms with Gasteiger partial charge in [-0.1, -0.05) is 40.9 Å². The van der Waals surface area contributed by atoms with E-state index in [0.717, 1.165) is 16.8 Å². The second-order valence-electron chi connectivity index (χ2n) is 6.32. The minimum atomic E-state index is -0.564. The average Bonchev–Trinajstić information content (AvgIpc) is 2.66. The third-order valence-electron chi connectivity index (χ3n) is 4.11. The first-order valence-corrected chi connectivity index (χ1v) is 9.25. The molecule has 0 radical (unpaired) electrons. The molecule has 0 heterocycles. The van der Waals surface area contributed by atoms with E-state index in [4.69, 9.17) is 27.9 Å². The molecule has 0 unspecified atom stereocenters. The van der Waals surface area contributed by atoms with E-state index in [1.807, 2.05) is 32.0 Å². The lowest BCUT2D eigenvalue weighted by atomic mass is 10.1. The first kappa shape index (κ1) is 19.9. The molecular weight excluding hydrogens is 397 g/mol. The highest BCUT2D eigenvalue weighted by molar-refractivity contribution is 6.42. The van der Waals surface area contributed by atoms with Crippen LogP contribution in [0.2, 0.25) is 10.0 Å². The number of esters is 1. The first-order valence-electron chi connectivity index (χ1n) is 8.49. The van der Waals surface area contributed by atoms with Gasteiger partial charge >= 0.3 is 5.97 Å². The van der Waals surface area contributed by atoms with Crippen LogP contribution < -0.4 is 10.1 Å². The number of halogens is 2. The Morgan fingerprint density at radius 2 is 1.50 bits per heavy atom. The summed E-state index contributed by atoms with van der Waals surface area (Å²) in [6.45, 7) is 3.94. The fraction of sp³-hybridized carbons (Fsp3) is 0.0909. The second-order valence-corrected chi connectivity index (χ2v) is 7.13. The molecule has 1 N–H and O–H groups in total. The summed E-state index contributed by atoms with van der Waals surface area (Å²) in [7, 11) is 0. The van der Waals surface area contributed by atoms with Gasteiger partial charge in [-0.15, -0.1) is 0 Å². The van der Waals surface area contributed by atoms with Crippen LogP contribution in [0.15, 0.2) is 60.7 Å². The van der Waals surface area contributed by atoms with Crippen LogP contribution in [0.5, 0.6) is 5.75 Å². The van der Waals surface area contributed by atoms with Crippen LogP contribution >= 0.6 is 23.2 Å². The molecule has 0 saturated heterocycles. The van der Waals surface area contributed by atoms with Gasteiger partial charge in [-0.25, -0.2) is 4.79 Å². The summed E-state index contributed by atoms with van der Waals surface area (Å²) < 4.78 is 5.31. The molecule has 1 amide bonds. The minimum Gasteiger partial charge on any atom is -0.423 e. The molecule has 0 aliphatic rings. The summed E-state index contributed by atoms with van der Waals surface area (Å²) in [6, 6.07) is 16.6. The van der Waals surface area contributed by atoms with E-state index >= 15 is 0 Å². The molecule has 0 fully saturated rings. The van der Waals surface area contributed by atoms with E-state index in [0.29, 0.717) is 16.3 Å². The number of nitrogens with one attached hydrogen (secondary N) is 1. The topological polar surface area (TPSA) is 55.4 Å². The van der Waals surface area contributed by atoms with Crippen molar-refractivity contribution < 1.29 is 14.3 Å². The summed E-state index contributed by atoms with van der Waals surface area (Å²) >= 11 is 11.8. The largest absolute Gasteiger partial charge is 0.423 e. The summed E-state index contributed by atoms with van der Waals surface area (Å²) in [4.78, 5) is 24.6. The number of carbonyl (C=O) groups excluding carboxylic acids is 2. The average molecular weight is 414 g/mol. The van der Waals surface area contributed by atoms with Gasteiger partial charge in [-0.3, -0.25) is 4.79 Å². The van der Waals surface area contributed by atoms with Crippen molar-refractivity contribution in [2.45, 2.75) is 13.8 Å². The second kappa shape index (κ2) is 8.46. The Bertz CT molecular complexity index is 1050. The Hall–Kier alpha value is -2.82. The molecule has 28 heavy (non-hydrogen) atoms. The van der Waals surface area contributed by atoms with Gasteiger partial charge in [0.2, 0.25) is 0 Å². The molecule has 3 aromatic carbocycles. The number of hydrogen-bond acceptors (Lipinski definition) is 3. The van der Waals surface area contributed by atoms with E-state index in [-0.39, 0.29) is 16.5 Å². The highest BCUT2D eigenvalue weighted by atomic mass is 35.5. The van der Waals surface area contributed by atoms with Crippen LogP contribution in [0.4, 0.5) is 5.69 Å². The van der Waals surface area contributed by atoms with Crippen LogP contribution in [0, 0.1) is 13.8 Å². The Morgan fingerprint density at radius 3 is 2.14 bits per heavy atom. The summed E-state index contributed by atoms with van der Waals surface area (Å²) in [5, 5.41) is 3.51. The van der Waals surface area contributed by atoms with Gasteiger partial charge in [0, 0.05) is 11.3 Å². The van der Waals surface area contributed by atoms with Crippen molar-refractivity contribution >= 4 is 40.8 Å². The summed E-state index contributed by atoms with van der Waals surface area (Å²) in [5.41, 5.74) is 3.61. The fourth-order valence-electron chi connectivity index (χ4n) is 2.61. The quantitative estimate of drug-likeness (QED) is 0.416. The van der Waals surface area contributed by atoms with Crippen molar-refractivity contribution in [3.63, 3.8) is 0 Å². The van der Waals surface area contributed by atoms with Crippen molar-refractivity contribution in [2.24, 2.45) is 0 Å². The lowest BCUT2D eigenvalue weighted by Gasteiger charge is -2.10. The van der Waals surface area contributed by atoms with E-state index in [1.165, 1.54) is 18.2 Å². The van der Waals surface area contributed by atoms with E-state index < -0.39 is 5.97 Å². The van der Waals surface area contributed by atoms with E-state index in [1.54, 1.807) is 24.3 Å². The molecule has 6 heteroatoms.